The van der Waals surface area contributed by atoms with Gasteiger partial charge in [-0.1, -0.05) is 30.1 Å². The highest BCUT2D eigenvalue weighted by Crippen LogP contribution is 2.24. The second-order valence-corrected chi connectivity index (χ2v) is 8.32. The van der Waals surface area contributed by atoms with Crippen LogP contribution < -0.4 is 0 Å². The highest BCUT2D eigenvalue weighted by molar-refractivity contribution is 7.91. The molecular formula is C14H17Cl2NO3S. The number of nitrogens with zero attached hydrogens (tertiary/aromatic N) is 1. The lowest BCUT2D eigenvalue weighted by atomic mass is 10.1. The summed E-state index contributed by atoms with van der Waals surface area (Å²) in [4.78, 5) is 14.3. The molecule has 1 amide bonds. The van der Waals surface area contributed by atoms with Crippen LogP contribution in [0.25, 0.3) is 0 Å². The van der Waals surface area contributed by atoms with Gasteiger partial charge in [0.1, 0.15) is 0 Å². The van der Waals surface area contributed by atoms with Gasteiger partial charge in [0, 0.05) is 28.2 Å². The fourth-order valence-electron chi connectivity index (χ4n) is 2.56. The van der Waals surface area contributed by atoms with Gasteiger partial charge in [-0.25, -0.2) is 8.42 Å². The van der Waals surface area contributed by atoms with Crippen molar-refractivity contribution in [2.75, 3.05) is 18.1 Å². The first-order valence-electron chi connectivity index (χ1n) is 6.80. The number of carbonyl (C=O) groups is 1. The Morgan fingerprint density at radius 1 is 1.29 bits per heavy atom. The molecule has 1 aromatic rings. The maximum atomic E-state index is 12.7. The Morgan fingerprint density at radius 2 is 1.90 bits per heavy atom. The third kappa shape index (κ3) is 4.11. The van der Waals surface area contributed by atoms with E-state index in [1.54, 1.807) is 23.1 Å². The van der Waals surface area contributed by atoms with Crippen LogP contribution in [0.1, 0.15) is 30.1 Å². The number of carbonyl (C=O) groups excluding carboxylic acids is 1. The molecule has 1 atom stereocenters. The highest BCUT2D eigenvalue weighted by atomic mass is 35.5. The molecule has 2 rings (SSSR count). The third-order valence-electron chi connectivity index (χ3n) is 3.48. The molecule has 0 radical (unpaired) electrons. The molecule has 4 nitrogen and oxygen atoms in total. The van der Waals surface area contributed by atoms with Crippen molar-refractivity contribution in [1.29, 1.82) is 0 Å². The fraction of sp³-hybridized carbons (Fsp3) is 0.500. The Hall–Kier alpha value is -0.780. The predicted molar refractivity (Wildman–Crippen MR) is 84.8 cm³/mol. The van der Waals surface area contributed by atoms with Gasteiger partial charge in [-0.3, -0.25) is 4.79 Å². The van der Waals surface area contributed by atoms with Crippen molar-refractivity contribution in [3.8, 4) is 0 Å². The number of sulfone groups is 1. The maximum absolute atomic E-state index is 12.7. The number of benzene rings is 1. The first-order chi connectivity index (χ1) is 9.82. The zero-order valence-electron chi connectivity index (χ0n) is 11.7. The Bertz CT molecular complexity index is 625. The van der Waals surface area contributed by atoms with Crippen LogP contribution in [0.5, 0.6) is 0 Å². The van der Waals surface area contributed by atoms with Crippen LogP contribution in [0, 0.1) is 0 Å². The summed E-state index contributed by atoms with van der Waals surface area (Å²) in [6.07, 6.45) is 1.25. The Kier molecular flexibility index (Phi) is 5.17. The monoisotopic (exact) mass is 349 g/mol. The van der Waals surface area contributed by atoms with Gasteiger partial charge in [0.25, 0.3) is 5.91 Å². The molecule has 1 fully saturated rings. The minimum atomic E-state index is -3.04. The number of rotatable bonds is 4. The van der Waals surface area contributed by atoms with Crippen LogP contribution in [-0.2, 0) is 9.84 Å². The van der Waals surface area contributed by atoms with Gasteiger partial charge in [-0.05, 0) is 31.0 Å². The average Bonchev–Trinajstić information content (AvgIpc) is 2.74. The Balaban J connectivity index is 2.27. The molecule has 116 valence electrons. The number of amides is 1. The molecule has 0 bridgehead atoms. The smallest absolute Gasteiger partial charge is 0.254 e. The van der Waals surface area contributed by atoms with Crippen molar-refractivity contribution in [1.82, 2.24) is 4.90 Å². The van der Waals surface area contributed by atoms with Gasteiger partial charge in [0.05, 0.1) is 11.5 Å². The van der Waals surface area contributed by atoms with E-state index in [0.29, 0.717) is 28.6 Å². The molecule has 21 heavy (non-hydrogen) atoms. The van der Waals surface area contributed by atoms with Crippen molar-refractivity contribution in [2.45, 2.75) is 25.8 Å². The van der Waals surface area contributed by atoms with Crippen molar-refractivity contribution in [3.63, 3.8) is 0 Å². The predicted octanol–water partition coefficient (Wildman–Crippen LogP) is 3.03. The molecule has 1 aliphatic rings. The van der Waals surface area contributed by atoms with Gasteiger partial charge in [-0.15, -0.1) is 0 Å². The summed E-state index contributed by atoms with van der Waals surface area (Å²) < 4.78 is 23.3. The summed E-state index contributed by atoms with van der Waals surface area (Å²) in [7, 11) is -3.04. The van der Waals surface area contributed by atoms with E-state index in [-0.39, 0.29) is 23.5 Å². The number of hydrogen-bond donors (Lipinski definition) is 0. The average molecular weight is 350 g/mol. The zero-order valence-corrected chi connectivity index (χ0v) is 14.0. The largest absolute Gasteiger partial charge is 0.335 e. The van der Waals surface area contributed by atoms with E-state index in [9.17, 15) is 13.2 Å². The normalized spacial score (nSPS) is 20.4. The van der Waals surface area contributed by atoms with Crippen LogP contribution in [0.2, 0.25) is 10.0 Å². The molecule has 0 saturated carbocycles. The van der Waals surface area contributed by atoms with Crippen molar-refractivity contribution >= 4 is 38.9 Å². The van der Waals surface area contributed by atoms with E-state index in [4.69, 9.17) is 23.2 Å². The first-order valence-corrected chi connectivity index (χ1v) is 9.37. The molecule has 1 unspecified atom stereocenters. The molecule has 7 heteroatoms. The number of halogens is 2. The van der Waals surface area contributed by atoms with Gasteiger partial charge < -0.3 is 4.90 Å². The van der Waals surface area contributed by atoms with E-state index in [2.05, 4.69) is 0 Å². The summed E-state index contributed by atoms with van der Waals surface area (Å²) in [5.74, 6) is -0.0440. The molecule has 0 aliphatic carbocycles. The summed E-state index contributed by atoms with van der Waals surface area (Å²) in [5.41, 5.74) is 0.394. The molecule has 1 heterocycles. The third-order valence-corrected chi connectivity index (χ3v) is 5.67. The molecule has 1 saturated heterocycles. The lowest BCUT2D eigenvalue weighted by Crippen LogP contribution is -2.41. The van der Waals surface area contributed by atoms with Gasteiger partial charge >= 0.3 is 0 Å². The van der Waals surface area contributed by atoms with Crippen molar-refractivity contribution in [3.05, 3.63) is 33.8 Å². The summed E-state index contributed by atoms with van der Waals surface area (Å²) in [5, 5.41) is 0.780. The fourth-order valence-corrected chi connectivity index (χ4v) is 4.81. The molecule has 0 N–H and O–H groups in total. The van der Waals surface area contributed by atoms with Gasteiger partial charge in [-0.2, -0.15) is 0 Å². The second kappa shape index (κ2) is 6.55. The van der Waals surface area contributed by atoms with Crippen molar-refractivity contribution < 1.29 is 13.2 Å². The van der Waals surface area contributed by atoms with Gasteiger partial charge in [0.2, 0.25) is 0 Å². The van der Waals surface area contributed by atoms with E-state index < -0.39 is 9.84 Å². The van der Waals surface area contributed by atoms with Crippen LogP contribution in [0.3, 0.4) is 0 Å². The summed E-state index contributed by atoms with van der Waals surface area (Å²) >= 11 is 11.9. The topological polar surface area (TPSA) is 54.5 Å². The molecule has 0 aromatic heterocycles. The quantitative estimate of drug-likeness (QED) is 0.839. The maximum Gasteiger partial charge on any atom is 0.254 e. The lowest BCUT2D eigenvalue weighted by Gasteiger charge is -2.28. The van der Waals surface area contributed by atoms with E-state index in [1.165, 1.54) is 0 Å². The Labute approximate surface area is 134 Å². The zero-order chi connectivity index (χ0) is 15.6. The van der Waals surface area contributed by atoms with E-state index in [1.807, 2.05) is 6.92 Å². The second-order valence-electron chi connectivity index (χ2n) is 5.21. The van der Waals surface area contributed by atoms with Gasteiger partial charge in [0.15, 0.2) is 9.84 Å². The highest BCUT2D eigenvalue weighted by Gasteiger charge is 2.34. The lowest BCUT2D eigenvalue weighted by molar-refractivity contribution is 0.0697. The minimum absolute atomic E-state index is 0.0348. The van der Waals surface area contributed by atoms with Crippen LogP contribution >= 0.6 is 23.2 Å². The SMILES string of the molecule is CCCN(C(=O)c1cc(Cl)cc(Cl)c1)C1CCS(=O)(=O)C1. The van der Waals surface area contributed by atoms with Crippen LogP contribution in [0.4, 0.5) is 0 Å². The molecule has 1 aliphatic heterocycles. The standard InChI is InChI=1S/C14H17Cl2NO3S/c1-2-4-17(13-3-5-21(19,20)9-13)14(18)10-6-11(15)8-12(16)7-10/h6-8,13H,2-5,9H2,1H3. The minimum Gasteiger partial charge on any atom is -0.335 e. The van der Waals surface area contributed by atoms with Crippen LogP contribution in [0.15, 0.2) is 18.2 Å². The van der Waals surface area contributed by atoms with Crippen molar-refractivity contribution in [2.24, 2.45) is 0 Å². The van der Waals surface area contributed by atoms with E-state index in [0.717, 1.165) is 6.42 Å². The van der Waals surface area contributed by atoms with E-state index >= 15 is 0 Å². The Morgan fingerprint density at radius 3 is 2.38 bits per heavy atom. The van der Waals surface area contributed by atoms with Crippen LogP contribution in [-0.4, -0.2) is 43.3 Å². The summed E-state index contributed by atoms with van der Waals surface area (Å²) in [6, 6.07) is 4.41. The molecule has 1 aromatic carbocycles. The summed E-state index contributed by atoms with van der Waals surface area (Å²) in [6.45, 7) is 2.47. The molecule has 0 spiro atoms. The first kappa shape index (κ1) is 16.6. The number of hydrogen-bond acceptors (Lipinski definition) is 3. The molecular weight excluding hydrogens is 333 g/mol.